The maximum atomic E-state index is 5.87. The molecule has 0 atom stereocenters. The summed E-state index contributed by atoms with van der Waals surface area (Å²) in [6.07, 6.45) is 0. The first-order valence-corrected chi connectivity index (χ1v) is 7.90. The van der Waals surface area contributed by atoms with Crippen LogP contribution in [0, 0.1) is 0 Å². The molecule has 1 aromatic heterocycles. The second-order valence-electron chi connectivity index (χ2n) is 4.37. The van der Waals surface area contributed by atoms with Crippen LogP contribution in [0.5, 0.6) is 0 Å². The second-order valence-corrected chi connectivity index (χ2v) is 6.37. The van der Waals surface area contributed by atoms with Crippen LogP contribution in [-0.4, -0.2) is 4.98 Å². The van der Waals surface area contributed by atoms with E-state index in [-0.39, 0.29) is 0 Å². The van der Waals surface area contributed by atoms with Crippen LogP contribution in [0.2, 0.25) is 0 Å². The minimum absolute atomic E-state index is 0.510. The van der Waals surface area contributed by atoms with E-state index in [9.17, 15) is 0 Å². The van der Waals surface area contributed by atoms with Crippen LogP contribution in [0.15, 0.2) is 59.1 Å². The molecule has 0 unspecified atom stereocenters. The molecule has 20 heavy (non-hydrogen) atoms. The highest BCUT2D eigenvalue weighted by Crippen LogP contribution is 2.34. The van der Waals surface area contributed by atoms with E-state index in [2.05, 4.69) is 40.2 Å². The van der Waals surface area contributed by atoms with Crippen LogP contribution in [0.1, 0.15) is 4.88 Å². The largest absolute Gasteiger partial charge is 0.326 e. The summed E-state index contributed by atoms with van der Waals surface area (Å²) >= 11 is 5.16. The number of nitrogens with two attached hydrogens (primary N) is 1. The summed E-state index contributed by atoms with van der Waals surface area (Å²) in [4.78, 5) is 5.90. The summed E-state index contributed by atoms with van der Waals surface area (Å²) < 4.78 is 1.06. The van der Waals surface area contributed by atoms with Crippen LogP contribution < -0.4 is 5.73 Å². The van der Waals surface area contributed by atoms with Gasteiger partial charge in [-0.1, -0.05) is 58.4 Å². The van der Waals surface area contributed by atoms with E-state index in [4.69, 9.17) is 10.7 Å². The van der Waals surface area contributed by atoms with Crippen molar-refractivity contribution in [1.29, 1.82) is 0 Å². The summed E-state index contributed by atoms with van der Waals surface area (Å²) in [5.74, 6) is 0. The zero-order chi connectivity index (χ0) is 13.9. The van der Waals surface area contributed by atoms with E-state index in [0.29, 0.717) is 6.54 Å². The zero-order valence-electron chi connectivity index (χ0n) is 10.7. The average molecular weight is 345 g/mol. The molecule has 2 nitrogen and oxygen atoms in total. The van der Waals surface area contributed by atoms with Gasteiger partial charge in [0.15, 0.2) is 0 Å². The molecule has 2 N–H and O–H groups in total. The second kappa shape index (κ2) is 5.87. The molecule has 0 fully saturated rings. The van der Waals surface area contributed by atoms with Crippen LogP contribution in [-0.2, 0) is 6.54 Å². The number of benzene rings is 2. The molecule has 0 bridgehead atoms. The molecule has 3 rings (SSSR count). The van der Waals surface area contributed by atoms with Crippen LogP contribution in [0.4, 0.5) is 0 Å². The molecule has 0 saturated carbocycles. The molecule has 2 aromatic carbocycles. The molecule has 0 aliphatic rings. The van der Waals surface area contributed by atoms with Gasteiger partial charge in [0.25, 0.3) is 0 Å². The lowest BCUT2D eigenvalue weighted by molar-refractivity contribution is 1.10. The molecule has 0 aliphatic carbocycles. The Morgan fingerprint density at radius 1 is 1.00 bits per heavy atom. The number of halogens is 1. The van der Waals surface area contributed by atoms with E-state index in [1.54, 1.807) is 11.3 Å². The fraction of sp³-hybridized carbons (Fsp3) is 0.0625. The summed E-state index contributed by atoms with van der Waals surface area (Å²) in [7, 11) is 0. The highest BCUT2D eigenvalue weighted by Gasteiger charge is 2.13. The summed E-state index contributed by atoms with van der Waals surface area (Å²) in [6.45, 7) is 0.510. The number of aromatic nitrogens is 1. The Morgan fingerprint density at radius 2 is 1.75 bits per heavy atom. The molecule has 1 heterocycles. The molecule has 0 radical (unpaired) electrons. The van der Waals surface area contributed by atoms with Gasteiger partial charge >= 0.3 is 0 Å². The Bertz CT molecular complexity index is 722. The molecular weight excluding hydrogens is 332 g/mol. The van der Waals surface area contributed by atoms with E-state index in [1.807, 2.05) is 30.3 Å². The van der Waals surface area contributed by atoms with Gasteiger partial charge in [0.05, 0.1) is 5.69 Å². The standard InChI is InChI=1S/C16H13BrN2S/c17-13-8-4-7-12(9-13)16-19-15(14(10-18)20-16)11-5-2-1-3-6-11/h1-9H,10,18H2. The third-order valence-corrected chi connectivity index (χ3v) is 4.62. The fourth-order valence-corrected chi connectivity index (χ4v) is 3.41. The first kappa shape index (κ1) is 13.5. The minimum atomic E-state index is 0.510. The lowest BCUT2D eigenvalue weighted by Gasteiger charge is -1.99. The van der Waals surface area contributed by atoms with Crippen molar-refractivity contribution in [3.8, 4) is 21.8 Å². The molecule has 0 aliphatic heterocycles. The van der Waals surface area contributed by atoms with Gasteiger partial charge < -0.3 is 5.73 Å². The quantitative estimate of drug-likeness (QED) is 0.747. The van der Waals surface area contributed by atoms with Crippen molar-refractivity contribution in [2.45, 2.75) is 6.54 Å². The Labute approximate surface area is 130 Å². The van der Waals surface area contributed by atoms with Crippen LogP contribution in [0.3, 0.4) is 0 Å². The predicted octanol–water partition coefficient (Wildman–Crippen LogP) is 4.70. The smallest absolute Gasteiger partial charge is 0.124 e. The predicted molar refractivity (Wildman–Crippen MR) is 88.6 cm³/mol. The number of thiazole rings is 1. The summed E-state index contributed by atoms with van der Waals surface area (Å²) in [5.41, 5.74) is 9.09. The monoisotopic (exact) mass is 344 g/mol. The Hall–Kier alpha value is -1.49. The summed E-state index contributed by atoms with van der Waals surface area (Å²) in [6, 6.07) is 18.4. The lowest BCUT2D eigenvalue weighted by atomic mass is 10.1. The summed E-state index contributed by atoms with van der Waals surface area (Å²) in [5, 5.41) is 1.01. The number of hydrogen-bond acceptors (Lipinski definition) is 3. The molecule has 4 heteroatoms. The van der Waals surface area contributed by atoms with Crippen molar-refractivity contribution in [3.05, 3.63) is 63.9 Å². The highest BCUT2D eigenvalue weighted by atomic mass is 79.9. The van der Waals surface area contributed by atoms with Gasteiger partial charge in [0, 0.05) is 27.0 Å². The van der Waals surface area contributed by atoms with Crippen molar-refractivity contribution < 1.29 is 0 Å². The minimum Gasteiger partial charge on any atom is -0.326 e. The van der Waals surface area contributed by atoms with Crippen LogP contribution >= 0.6 is 27.3 Å². The Balaban J connectivity index is 2.10. The third kappa shape index (κ3) is 2.68. The van der Waals surface area contributed by atoms with Crippen molar-refractivity contribution in [2.24, 2.45) is 5.73 Å². The molecule has 0 spiro atoms. The number of hydrogen-bond donors (Lipinski definition) is 1. The number of rotatable bonds is 3. The third-order valence-electron chi connectivity index (χ3n) is 3.00. The zero-order valence-corrected chi connectivity index (χ0v) is 13.1. The van der Waals surface area contributed by atoms with E-state index in [0.717, 1.165) is 31.2 Å². The first-order chi connectivity index (χ1) is 9.78. The lowest BCUT2D eigenvalue weighted by Crippen LogP contribution is -1.95. The average Bonchev–Trinajstić information content (AvgIpc) is 2.92. The normalized spacial score (nSPS) is 10.7. The maximum absolute atomic E-state index is 5.87. The van der Waals surface area contributed by atoms with Gasteiger partial charge in [-0.05, 0) is 12.1 Å². The highest BCUT2D eigenvalue weighted by molar-refractivity contribution is 9.10. The molecule has 3 aromatic rings. The Kier molecular flexibility index (Phi) is 3.96. The van der Waals surface area contributed by atoms with Gasteiger partial charge in [-0.15, -0.1) is 11.3 Å². The van der Waals surface area contributed by atoms with Gasteiger partial charge in [-0.2, -0.15) is 0 Å². The first-order valence-electron chi connectivity index (χ1n) is 6.29. The van der Waals surface area contributed by atoms with E-state index >= 15 is 0 Å². The topological polar surface area (TPSA) is 38.9 Å². The van der Waals surface area contributed by atoms with Gasteiger partial charge in [-0.3, -0.25) is 0 Å². The van der Waals surface area contributed by atoms with Gasteiger partial charge in [-0.25, -0.2) is 4.98 Å². The maximum Gasteiger partial charge on any atom is 0.124 e. The molecule has 0 amide bonds. The van der Waals surface area contributed by atoms with E-state index in [1.165, 1.54) is 0 Å². The van der Waals surface area contributed by atoms with Gasteiger partial charge in [0.1, 0.15) is 5.01 Å². The Morgan fingerprint density at radius 3 is 2.45 bits per heavy atom. The number of nitrogens with zero attached hydrogens (tertiary/aromatic N) is 1. The van der Waals surface area contributed by atoms with Gasteiger partial charge in [0.2, 0.25) is 0 Å². The van der Waals surface area contributed by atoms with Crippen molar-refractivity contribution in [3.63, 3.8) is 0 Å². The van der Waals surface area contributed by atoms with Crippen molar-refractivity contribution >= 4 is 27.3 Å². The van der Waals surface area contributed by atoms with Crippen molar-refractivity contribution in [2.75, 3.05) is 0 Å². The molecular formula is C16H13BrN2S. The SMILES string of the molecule is NCc1sc(-c2cccc(Br)c2)nc1-c1ccccc1. The fourth-order valence-electron chi connectivity index (χ4n) is 2.06. The molecule has 0 saturated heterocycles. The van der Waals surface area contributed by atoms with Crippen molar-refractivity contribution in [1.82, 2.24) is 4.98 Å². The molecule has 100 valence electrons. The van der Waals surface area contributed by atoms with Crippen LogP contribution in [0.25, 0.3) is 21.8 Å². The van der Waals surface area contributed by atoms with E-state index < -0.39 is 0 Å².